The van der Waals surface area contributed by atoms with Crippen molar-refractivity contribution in [2.24, 2.45) is 22.7 Å². The zero-order valence-corrected chi connectivity index (χ0v) is 33.9. The Kier molecular flexibility index (Phi) is 11.1. The van der Waals surface area contributed by atoms with Crippen molar-refractivity contribution < 1.29 is 28.5 Å². The average molecular weight is 769 g/mol. The van der Waals surface area contributed by atoms with Gasteiger partial charge in [0.15, 0.2) is 0 Å². The lowest BCUT2D eigenvalue weighted by atomic mass is 9.77. The third-order valence-electron chi connectivity index (χ3n) is 15.3. The van der Waals surface area contributed by atoms with E-state index >= 15 is 0 Å². The zero-order chi connectivity index (χ0) is 38.3. The number of hydrogen-bond donors (Lipinski definition) is 0. The van der Waals surface area contributed by atoms with E-state index in [1.54, 1.807) is 14.2 Å². The molecule has 0 unspecified atom stereocenters. The molecule has 8 aliphatic rings. The number of hydrogen-bond acceptors (Lipinski definition) is 8. The summed E-state index contributed by atoms with van der Waals surface area (Å²) >= 11 is 0. The molecule has 2 atom stereocenters. The van der Waals surface area contributed by atoms with Crippen molar-refractivity contribution in [2.75, 3.05) is 93.0 Å². The van der Waals surface area contributed by atoms with Crippen LogP contribution in [0.1, 0.15) is 87.2 Å². The molecule has 2 aliphatic carbocycles. The fourth-order valence-electron chi connectivity index (χ4n) is 11.8. The number of ether oxygens (including phenoxy) is 4. The van der Waals surface area contributed by atoms with Crippen LogP contribution in [-0.4, -0.2) is 137 Å². The number of rotatable bonds is 8. The maximum Gasteiger partial charge on any atom is 0.230 e. The number of benzene rings is 2. The van der Waals surface area contributed by atoms with Crippen LogP contribution in [0.15, 0.2) is 48.5 Å². The van der Waals surface area contributed by atoms with E-state index in [2.05, 4.69) is 68.1 Å². The van der Waals surface area contributed by atoms with Crippen molar-refractivity contribution in [1.82, 2.24) is 19.6 Å². The van der Waals surface area contributed by atoms with Crippen LogP contribution < -0.4 is 9.47 Å². The summed E-state index contributed by atoms with van der Waals surface area (Å²) in [5, 5.41) is 0. The molecule has 2 saturated carbocycles. The summed E-state index contributed by atoms with van der Waals surface area (Å²) in [6, 6.07) is 18.4. The van der Waals surface area contributed by atoms with Crippen molar-refractivity contribution in [2.45, 2.75) is 88.1 Å². The van der Waals surface area contributed by atoms with E-state index in [4.69, 9.17) is 18.9 Å². The van der Waals surface area contributed by atoms with Crippen LogP contribution in [-0.2, 0) is 19.1 Å². The van der Waals surface area contributed by atoms with Gasteiger partial charge in [0.05, 0.1) is 52.5 Å². The second-order valence-corrected chi connectivity index (χ2v) is 18.8. The number of carbonyl (C=O) groups is 2. The standard InChI is InChI=1S/2C23H32N2O3/c2*1-27-21-5-3-2-4-20(21)17-7-10-24(11-8-17)19-6-9-23(12-19)15-25(16-23)22(26)18-13-28-14-18/h2*2-5,17-19H,6-16H2,1H3/t2*19-/m10/s1. The quantitative estimate of drug-likeness (QED) is 0.334. The Morgan fingerprint density at radius 3 is 1.29 bits per heavy atom. The Balaban J connectivity index is 0.000000146. The predicted octanol–water partition coefficient (Wildman–Crippen LogP) is 5.80. The van der Waals surface area contributed by atoms with Gasteiger partial charge in [-0.05, 0) is 125 Å². The molecular formula is C46H64N4O6. The number of para-hydroxylation sites is 2. The molecule has 0 aromatic heterocycles. The molecule has 6 saturated heterocycles. The van der Waals surface area contributed by atoms with Gasteiger partial charge in [-0.15, -0.1) is 0 Å². The smallest absolute Gasteiger partial charge is 0.230 e. The topological polar surface area (TPSA) is 84.0 Å². The monoisotopic (exact) mass is 768 g/mol. The van der Waals surface area contributed by atoms with Crippen LogP contribution in [0.3, 0.4) is 0 Å². The highest BCUT2D eigenvalue weighted by atomic mass is 16.5. The summed E-state index contributed by atoms with van der Waals surface area (Å²) in [5.74, 6) is 4.25. The number of methoxy groups -OCH3 is 2. The third kappa shape index (κ3) is 7.60. The first kappa shape index (κ1) is 38.3. The summed E-state index contributed by atoms with van der Waals surface area (Å²) in [5.41, 5.74) is 3.57. The predicted molar refractivity (Wildman–Crippen MR) is 215 cm³/mol. The van der Waals surface area contributed by atoms with Crippen molar-refractivity contribution >= 4 is 11.8 Å². The highest BCUT2D eigenvalue weighted by Gasteiger charge is 2.53. The molecule has 10 rings (SSSR count). The van der Waals surface area contributed by atoms with Gasteiger partial charge >= 0.3 is 0 Å². The summed E-state index contributed by atoms with van der Waals surface area (Å²) < 4.78 is 21.5. The SMILES string of the molecule is COc1ccccc1C1CCN([C@@H]2CCC3(C2)CN(C(=O)C2COC2)C3)CC1.COc1ccccc1C1CCN([C@H]2CCC3(C2)CN(C(=O)C2COC2)C3)CC1. The Hall–Kier alpha value is -3.18. The first-order valence-corrected chi connectivity index (χ1v) is 21.8. The summed E-state index contributed by atoms with van der Waals surface area (Å²) in [6.07, 6.45) is 12.6. The molecule has 2 aromatic rings. The molecule has 0 radical (unpaired) electrons. The van der Waals surface area contributed by atoms with Gasteiger partial charge < -0.3 is 38.5 Å². The lowest BCUT2D eigenvalue weighted by molar-refractivity contribution is -0.162. The molecule has 2 amide bonds. The van der Waals surface area contributed by atoms with Crippen LogP contribution in [0.2, 0.25) is 0 Å². The van der Waals surface area contributed by atoms with E-state index in [0.717, 1.165) is 37.7 Å². The number of likely N-dealkylation sites (tertiary alicyclic amines) is 4. The van der Waals surface area contributed by atoms with Crippen LogP contribution >= 0.6 is 0 Å². The molecule has 2 spiro atoms. The maximum absolute atomic E-state index is 12.4. The summed E-state index contributed by atoms with van der Waals surface area (Å²) in [7, 11) is 3.55. The van der Waals surface area contributed by atoms with Gasteiger partial charge in [0.25, 0.3) is 0 Å². The molecule has 304 valence electrons. The molecule has 0 bridgehead atoms. The minimum atomic E-state index is 0.142. The van der Waals surface area contributed by atoms with Crippen LogP contribution in [0, 0.1) is 22.7 Å². The first-order valence-electron chi connectivity index (χ1n) is 21.8. The van der Waals surface area contributed by atoms with Gasteiger partial charge in [0, 0.05) is 49.1 Å². The molecular weight excluding hydrogens is 705 g/mol. The third-order valence-corrected chi connectivity index (χ3v) is 15.3. The second kappa shape index (κ2) is 16.2. The Morgan fingerprint density at radius 1 is 0.571 bits per heavy atom. The first-order chi connectivity index (χ1) is 27.3. The number of amides is 2. The van der Waals surface area contributed by atoms with E-state index in [1.807, 2.05) is 0 Å². The lowest BCUT2D eigenvalue weighted by Crippen LogP contribution is -2.61. The van der Waals surface area contributed by atoms with E-state index in [-0.39, 0.29) is 11.8 Å². The molecule has 10 heteroatoms. The molecule has 10 nitrogen and oxygen atoms in total. The molecule has 56 heavy (non-hydrogen) atoms. The number of nitrogens with zero attached hydrogens (tertiary/aromatic N) is 4. The van der Waals surface area contributed by atoms with Crippen LogP contribution in [0.4, 0.5) is 0 Å². The van der Waals surface area contributed by atoms with Gasteiger partial charge in [-0.1, -0.05) is 36.4 Å². The fourth-order valence-corrected chi connectivity index (χ4v) is 11.8. The Morgan fingerprint density at radius 2 is 0.946 bits per heavy atom. The highest BCUT2D eigenvalue weighted by molar-refractivity contribution is 5.81. The second-order valence-electron chi connectivity index (χ2n) is 18.8. The molecule has 2 aromatic carbocycles. The van der Waals surface area contributed by atoms with Crippen molar-refractivity contribution in [3.8, 4) is 11.5 Å². The summed E-state index contributed by atoms with van der Waals surface area (Å²) in [4.78, 5) is 34.4. The van der Waals surface area contributed by atoms with E-state index in [9.17, 15) is 9.59 Å². The minimum Gasteiger partial charge on any atom is -0.496 e. The molecule has 8 fully saturated rings. The minimum absolute atomic E-state index is 0.142. The van der Waals surface area contributed by atoms with Gasteiger partial charge in [-0.25, -0.2) is 0 Å². The van der Waals surface area contributed by atoms with Crippen LogP contribution in [0.5, 0.6) is 11.5 Å². The largest absolute Gasteiger partial charge is 0.496 e. The maximum atomic E-state index is 12.4. The average Bonchev–Trinajstić information content (AvgIpc) is 3.83. The van der Waals surface area contributed by atoms with Crippen molar-refractivity contribution in [3.05, 3.63) is 59.7 Å². The van der Waals surface area contributed by atoms with E-state index < -0.39 is 0 Å². The Bertz CT molecular complexity index is 1560. The molecule has 0 N–H and O–H groups in total. The Labute approximate surface area is 334 Å². The van der Waals surface area contributed by atoms with Crippen LogP contribution in [0.25, 0.3) is 0 Å². The van der Waals surface area contributed by atoms with Gasteiger partial charge in [0.2, 0.25) is 11.8 Å². The van der Waals surface area contributed by atoms with Gasteiger partial charge in [-0.3, -0.25) is 9.59 Å². The molecule has 6 aliphatic heterocycles. The summed E-state index contributed by atoms with van der Waals surface area (Å²) in [6.45, 7) is 11.2. The lowest BCUT2D eigenvalue weighted by Gasteiger charge is -2.50. The molecule has 6 heterocycles. The normalized spacial score (nSPS) is 28.2. The van der Waals surface area contributed by atoms with Crippen molar-refractivity contribution in [1.29, 1.82) is 0 Å². The number of piperidine rings is 2. The number of carbonyl (C=O) groups excluding carboxylic acids is 2. The zero-order valence-electron chi connectivity index (χ0n) is 33.9. The fraction of sp³-hybridized carbons (Fsp3) is 0.696. The van der Waals surface area contributed by atoms with Gasteiger partial charge in [0.1, 0.15) is 11.5 Å². The van der Waals surface area contributed by atoms with E-state index in [0.29, 0.717) is 73.0 Å². The van der Waals surface area contributed by atoms with E-state index in [1.165, 1.54) is 102 Å². The highest BCUT2D eigenvalue weighted by Crippen LogP contribution is 2.50. The van der Waals surface area contributed by atoms with Gasteiger partial charge in [-0.2, -0.15) is 0 Å². The van der Waals surface area contributed by atoms with Crippen molar-refractivity contribution in [3.63, 3.8) is 0 Å².